The molecule has 0 saturated carbocycles. The maximum atomic E-state index is 13.5. The molecule has 1 amide bonds. The number of carbonyl (C=O) groups excluding carboxylic acids is 2. The number of unbranched alkanes of at least 4 members (excludes halogenated alkanes) is 47. The van der Waals surface area contributed by atoms with Crippen LogP contribution in [0.5, 0.6) is 0 Å². The minimum absolute atomic E-state index is 0.123. The lowest BCUT2D eigenvalue weighted by atomic mass is 9.99. The molecule has 1 fully saturated rings. The highest BCUT2D eigenvalue weighted by molar-refractivity contribution is 5.80. The minimum Gasteiger partial charge on any atom is -0.454 e. The number of aliphatic hydroxyl groups excluding tert-OH is 5. The number of amides is 1. The van der Waals surface area contributed by atoms with Crippen molar-refractivity contribution in [2.45, 2.75) is 423 Å². The van der Waals surface area contributed by atoms with E-state index in [9.17, 15) is 35.1 Å². The largest absolute Gasteiger partial charge is 0.454 e. The van der Waals surface area contributed by atoms with Crippen LogP contribution < -0.4 is 5.32 Å². The second-order valence-corrected chi connectivity index (χ2v) is 26.7. The van der Waals surface area contributed by atoms with Gasteiger partial charge in [-0.1, -0.05) is 352 Å². The minimum atomic E-state index is -1.61. The van der Waals surface area contributed by atoms with Crippen LogP contribution in [0.15, 0.2) is 48.6 Å². The van der Waals surface area contributed by atoms with Gasteiger partial charge in [-0.25, -0.2) is 0 Å². The molecule has 89 heavy (non-hydrogen) atoms. The van der Waals surface area contributed by atoms with Crippen molar-refractivity contribution in [2.24, 2.45) is 0 Å². The van der Waals surface area contributed by atoms with Crippen LogP contribution in [-0.2, 0) is 23.8 Å². The third-order valence-corrected chi connectivity index (χ3v) is 18.2. The summed E-state index contributed by atoms with van der Waals surface area (Å²) in [5.41, 5.74) is 0. The molecular weight excluding hydrogens is 1110 g/mol. The fraction of sp³-hybridized carbons (Fsp3) is 0.872. The Morgan fingerprint density at radius 3 is 1.18 bits per heavy atom. The molecule has 1 aliphatic rings. The van der Waals surface area contributed by atoms with Crippen LogP contribution in [0.4, 0.5) is 0 Å². The third-order valence-electron chi connectivity index (χ3n) is 18.2. The zero-order chi connectivity index (χ0) is 64.6. The van der Waals surface area contributed by atoms with Gasteiger partial charge >= 0.3 is 5.97 Å². The van der Waals surface area contributed by atoms with Crippen LogP contribution in [0.25, 0.3) is 0 Å². The topological polar surface area (TPSA) is 175 Å². The number of aliphatic hydroxyl groups is 5. The number of hydrogen-bond donors (Lipinski definition) is 6. The van der Waals surface area contributed by atoms with Gasteiger partial charge in [0.2, 0.25) is 5.91 Å². The highest BCUT2D eigenvalue weighted by Gasteiger charge is 2.47. The van der Waals surface area contributed by atoms with Crippen molar-refractivity contribution in [3.8, 4) is 0 Å². The lowest BCUT2D eigenvalue weighted by Gasteiger charge is -2.41. The van der Waals surface area contributed by atoms with Crippen molar-refractivity contribution in [1.82, 2.24) is 5.32 Å². The van der Waals surface area contributed by atoms with Gasteiger partial charge in [-0.15, -0.1) is 0 Å². The quantitative estimate of drug-likeness (QED) is 0.0195. The van der Waals surface area contributed by atoms with Crippen LogP contribution in [0, 0.1) is 0 Å². The van der Waals surface area contributed by atoms with Crippen LogP contribution in [-0.4, -0.2) is 99.6 Å². The number of allylic oxidation sites excluding steroid dienone is 7. The van der Waals surface area contributed by atoms with Crippen LogP contribution in [0.1, 0.15) is 374 Å². The standard InChI is InChI=1S/C78H145NO10/c1-4-7-10-13-16-19-22-24-26-28-30-32-34-36-38-40-42-44-46-48-51-54-57-60-63-66-73(83)89-76-75(85)74(84)72(67-80)88-78(76)87-68-69(70(81)64-61-58-55-52-49-21-18-15-12-9-6-3)79-77(86)71(82)65-62-59-56-53-50-47-45-43-41-39-37-35-33-31-29-27-25-23-20-17-14-11-8-5-2/h16,19,24,26,30,32,61,64,69-72,74-76,78,80-82,84-85H,4-15,17-18,20-23,25,27-29,31,33-60,62-63,65-68H2,1-3H3,(H,79,86)/b19-16-,26-24-,32-30-,64-61+. The summed E-state index contributed by atoms with van der Waals surface area (Å²) in [5.74, 6) is -1.18. The highest BCUT2D eigenvalue weighted by Crippen LogP contribution is 2.27. The lowest BCUT2D eigenvalue weighted by molar-refractivity contribution is -0.305. The summed E-state index contributed by atoms with van der Waals surface area (Å²) in [4.78, 5) is 26.7. The molecule has 0 aromatic heterocycles. The normalized spacial score (nSPS) is 18.3. The summed E-state index contributed by atoms with van der Waals surface area (Å²) >= 11 is 0. The zero-order valence-electron chi connectivity index (χ0n) is 58.3. The SMILES string of the molecule is CCCCC/C=C\C/C=C\C/C=C\CCCCCCCCCCCCCCC(=O)OC1C(OCC(NC(=O)C(O)CCCCCCCCCCCCCCCCCCCCCCCCCC)C(O)/C=C/CCCCCCCCCCC)OC(CO)C(O)C1O. The predicted octanol–water partition coefficient (Wildman–Crippen LogP) is 20.3. The Balaban J connectivity index is 2.49. The Bertz CT molecular complexity index is 1640. The van der Waals surface area contributed by atoms with E-state index in [-0.39, 0.29) is 13.0 Å². The number of rotatable bonds is 67. The van der Waals surface area contributed by atoms with Crippen molar-refractivity contribution in [2.75, 3.05) is 13.2 Å². The summed E-state index contributed by atoms with van der Waals surface area (Å²) < 4.78 is 17.7. The van der Waals surface area contributed by atoms with Crippen molar-refractivity contribution in [1.29, 1.82) is 0 Å². The Hall–Kier alpha value is -2.38. The van der Waals surface area contributed by atoms with Crippen molar-refractivity contribution in [3.63, 3.8) is 0 Å². The second-order valence-electron chi connectivity index (χ2n) is 26.7. The maximum Gasteiger partial charge on any atom is 0.306 e. The van der Waals surface area contributed by atoms with Crippen molar-refractivity contribution in [3.05, 3.63) is 48.6 Å². The fourth-order valence-electron chi connectivity index (χ4n) is 12.2. The summed E-state index contributed by atoms with van der Waals surface area (Å²) in [6, 6.07) is -1.02. The summed E-state index contributed by atoms with van der Waals surface area (Å²) in [7, 11) is 0. The highest BCUT2D eigenvalue weighted by atomic mass is 16.7. The maximum absolute atomic E-state index is 13.5. The molecule has 8 unspecified atom stereocenters. The van der Waals surface area contributed by atoms with Gasteiger partial charge in [0.05, 0.1) is 25.4 Å². The number of nitrogens with one attached hydrogen (secondary N) is 1. The molecule has 0 aliphatic carbocycles. The molecule has 1 heterocycles. The molecule has 0 spiro atoms. The molecule has 1 saturated heterocycles. The van der Waals surface area contributed by atoms with E-state index in [4.69, 9.17) is 14.2 Å². The van der Waals surface area contributed by atoms with Crippen molar-refractivity contribution < 1.29 is 49.3 Å². The first kappa shape index (κ1) is 84.6. The monoisotopic (exact) mass is 1260 g/mol. The van der Waals surface area contributed by atoms with Gasteiger partial charge in [-0.2, -0.15) is 0 Å². The van der Waals surface area contributed by atoms with E-state index >= 15 is 0 Å². The molecule has 8 atom stereocenters. The number of hydrogen-bond acceptors (Lipinski definition) is 10. The number of carbonyl (C=O) groups is 2. The Labute approximate surface area is 548 Å². The average molecular weight is 1260 g/mol. The first-order valence-electron chi connectivity index (χ1n) is 38.4. The van der Waals surface area contributed by atoms with Gasteiger partial charge in [0.1, 0.15) is 24.4 Å². The molecule has 0 radical (unpaired) electrons. The van der Waals surface area contributed by atoms with E-state index in [2.05, 4.69) is 62.5 Å². The smallest absolute Gasteiger partial charge is 0.306 e. The third kappa shape index (κ3) is 52.7. The predicted molar refractivity (Wildman–Crippen MR) is 375 cm³/mol. The van der Waals surface area contributed by atoms with E-state index in [1.165, 1.54) is 257 Å². The Morgan fingerprint density at radius 1 is 0.438 bits per heavy atom. The van der Waals surface area contributed by atoms with E-state index in [1.54, 1.807) is 6.08 Å². The molecule has 0 bridgehead atoms. The molecule has 0 aromatic rings. The van der Waals surface area contributed by atoms with Gasteiger partial charge < -0.3 is 45.1 Å². The first-order chi connectivity index (χ1) is 43.7. The molecule has 522 valence electrons. The molecule has 11 nitrogen and oxygen atoms in total. The van der Waals surface area contributed by atoms with Gasteiger partial charge in [-0.05, 0) is 64.2 Å². The van der Waals surface area contributed by atoms with E-state index < -0.39 is 67.4 Å². The second kappa shape index (κ2) is 65.7. The van der Waals surface area contributed by atoms with E-state index in [1.807, 2.05) is 6.08 Å². The Kier molecular flexibility index (Phi) is 62.4. The molecule has 6 N–H and O–H groups in total. The summed E-state index contributed by atoms with van der Waals surface area (Å²) in [6.07, 6.45) is 73.1. The summed E-state index contributed by atoms with van der Waals surface area (Å²) in [5, 5.41) is 57.3. The van der Waals surface area contributed by atoms with E-state index in [0.717, 1.165) is 70.6 Å². The van der Waals surface area contributed by atoms with Crippen LogP contribution in [0.2, 0.25) is 0 Å². The molecule has 11 heteroatoms. The molecule has 1 rings (SSSR count). The first-order valence-corrected chi connectivity index (χ1v) is 38.4. The average Bonchev–Trinajstić information content (AvgIpc) is 3.71. The molecule has 0 aromatic carbocycles. The summed E-state index contributed by atoms with van der Waals surface area (Å²) in [6.45, 7) is 5.82. The van der Waals surface area contributed by atoms with Gasteiger partial charge in [0.15, 0.2) is 12.4 Å². The van der Waals surface area contributed by atoms with Gasteiger partial charge in [-0.3, -0.25) is 9.59 Å². The van der Waals surface area contributed by atoms with Gasteiger partial charge in [0, 0.05) is 6.42 Å². The van der Waals surface area contributed by atoms with Crippen LogP contribution >= 0.6 is 0 Å². The number of ether oxygens (including phenoxy) is 3. The van der Waals surface area contributed by atoms with Crippen molar-refractivity contribution >= 4 is 11.9 Å². The number of esters is 1. The fourth-order valence-corrected chi connectivity index (χ4v) is 12.2. The lowest BCUT2D eigenvalue weighted by Crippen LogP contribution is -2.61. The Morgan fingerprint density at radius 2 is 0.775 bits per heavy atom. The van der Waals surface area contributed by atoms with E-state index in [0.29, 0.717) is 19.3 Å². The molecule has 1 aliphatic heterocycles. The zero-order valence-corrected chi connectivity index (χ0v) is 58.3. The van der Waals surface area contributed by atoms with Crippen LogP contribution in [0.3, 0.4) is 0 Å². The van der Waals surface area contributed by atoms with Gasteiger partial charge in [0.25, 0.3) is 0 Å². The molecular formula is C78H145NO10.